The Morgan fingerprint density at radius 2 is 2.14 bits per heavy atom. The molecule has 5 heteroatoms. The monoisotopic (exact) mass is 287 g/mol. The van der Waals surface area contributed by atoms with E-state index in [1.807, 2.05) is 6.07 Å². The summed E-state index contributed by atoms with van der Waals surface area (Å²) in [5.74, 6) is -0.884. The highest BCUT2D eigenvalue weighted by atomic mass is 19.1. The number of phenols is 1. The minimum Gasteiger partial charge on any atom is -0.507 e. The number of hydrogen-bond donors (Lipinski definition) is 1. The molecular weight excluding hydrogens is 273 g/mol. The van der Waals surface area contributed by atoms with Crippen molar-refractivity contribution in [1.82, 2.24) is 0 Å². The summed E-state index contributed by atoms with van der Waals surface area (Å²) in [6, 6.07) is 9.17. The van der Waals surface area contributed by atoms with E-state index in [1.165, 1.54) is 17.0 Å². The number of aromatic hydroxyl groups is 1. The summed E-state index contributed by atoms with van der Waals surface area (Å²) in [4.78, 5) is 13.7. The maximum Gasteiger partial charge on any atom is 0.264 e. The van der Waals surface area contributed by atoms with Crippen LogP contribution >= 0.6 is 0 Å². The van der Waals surface area contributed by atoms with Crippen molar-refractivity contribution < 1.29 is 19.0 Å². The molecule has 1 heterocycles. The van der Waals surface area contributed by atoms with Crippen molar-refractivity contribution in [2.75, 3.05) is 18.6 Å². The van der Waals surface area contributed by atoms with Crippen LogP contribution in [0.4, 0.5) is 10.1 Å². The van der Waals surface area contributed by atoms with E-state index < -0.39 is 11.7 Å². The second kappa shape index (κ2) is 5.09. The summed E-state index contributed by atoms with van der Waals surface area (Å²) in [6.45, 7) is 0.630. The van der Waals surface area contributed by atoms with Crippen LogP contribution in [0.15, 0.2) is 36.4 Å². The van der Waals surface area contributed by atoms with Crippen LogP contribution in [-0.4, -0.2) is 24.7 Å². The van der Waals surface area contributed by atoms with Gasteiger partial charge in [-0.1, -0.05) is 6.07 Å². The molecule has 21 heavy (non-hydrogen) atoms. The molecule has 0 aliphatic carbocycles. The number of carbonyl (C=O) groups excluding carboxylic acids is 1. The van der Waals surface area contributed by atoms with Crippen LogP contribution in [-0.2, 0) is 6.42 Å². The third-order valence-electron chi connectivity index (χ3n) is 3.57. The van der Waals surface area contributed by atoms with E-state index in [-0.39, 0.29) is 11.3 Å². The van der Waals surface area contributed by atoms with Crippen LogP contribution < -0.4 is 9.64 Å². The highest BCUT2D eigenvalue weighted by Gasteiger charge is 2.22. The third kappa shape index (κ3) is 2.31. The Hall–Kier alpha value is -2.56. The zero-order chi connectivity index (χ0) is 15.0. The Morgan fingerprint density at radius 3 is 2.90 bits per heavy atom. The first-order chi connectivity index (χ1) is 10.1. The molecule has 0 saturated heterocycles. The standard InChI is InChI=1S/C16H14FNO3/c1-18(11-5-6-14-10(9-11)7-8-21-14)16(20)15-12(17)3-2-4-13(15)19/h2-6,9,19H,7-8H2,1H3. The molecule has 2 aromatic rings. The van der Waals surface area contributed by atoms with Gasteiger partial charge in [0.2, 0.25) is 0 Å². The lowest BCUT2D eigenvalue weighted by molar-refractivity contribution is 0.0986. The van der Waals surface area contributed by atoms with Gasteiger partial charge in [-0.05, 0) is 35.9 Å². The van der Waals surface area contributed by atoms with E-state index in [2.05, 4.69) is 0 Å². The van der Waals surface area contributed by atoms with Gasteiger partial charge in [0.25, 0.3) is 5.91 Å². The molecule has 108 valence electrons. The van der Waals surface area contributed by atoms with E-state index >= 15 is 0 Å². The minimum atomic E-state index is -0.739. The number of anilines is 1. The highest BCUT2D eigenvalue weighted by molar-refractivity contribution is 6.07. The van der Waals surface area contributed by atoms with E-state index in [4.69, 9.17) is 4.74 Å². The SMILES string of the molecule is CN(C(=O)c1c(O)cccc1F)c1ccc2c(c1)CCO2. The molecule has 4 nitrogen and oxygen atoms in total. The van der Waals surface area contributed by atoms with Gasteiger partial charge in [-0.15, -0.1) is 0 Å². The predicted octanol–water partition coefficient (Wildman–Crippen LogP) is 2.74. The lowest BCUT2D eigenvalue weighted by atomic mass is 10.1. The fraction of sp³-hybridized carbons (Fsp3) is 0.188. The number of hydrogen-bond acceptors (Lipinski definition) is 3. The molecule has 0 atom stereocenters. The van der Waals surface area contributed by atoms with Gasteiger partial charge >= 0.3 is 0 Å². The Morgan fingerprint density at radius 1 is 1.33 bits per heavy atom. The summed E-state index contributed by atoms with van der Waals surface area (Å²) >= 11 is 0. The van der Waals surface area contributed by atoms with Crippen LogP contribution in [0, 0.1) is 5.82 Å². The van der Waals surface area contributed by atoms with E-state index in [1.54, 1.807) is 19.2 Å². The first-order valence-corrected chi connectivity index (χ1v) is 6.59. The van der Waals surface area contributed by atoms with Gasteiger partial charge in [0, 0.05) is 19.2 Å². The van der Waals surface area contributed by atoms with Gasteiger partial charge in [0.15, 0.2) is 0 Å². The van der Waals surface area contributed by atoms with Crippen LogP contribution in [0.2, 0.25) is 0 Å². The predicted molar refractivity (Wildman–Crippen MR) is 76.4 cm³/mol. The lowest BCUT2D eigenvalue weighted by Gasteiger charge is -2.19. The van der Waals surface area contributed by atoms with Gasteiger partial charge in [0.1, 0.15) is 22.9 Å². The molecule has 2 aromatic carbocycles. The Kier molecular flexibility index (Phi) is 3.25. The van der Waals surface area contributed by atoms with Gasteiger partial charge in [-0.25, -0.2) is 4.39 Å². The van der Waals surface area contributed by atoms with Crippen molar-refractivity contribution in [3.05, 3.63) is 53.3 Å². The van der Waals surface area contributed by atoms with Gasteiger partial charge in [0.05, 0.1) is 6.61 Å². The summed E-state index contributed by atoms with van der Waals surface area (Å²) in [5.41, 5.74) is 1.33. The molecule has 0 spiro atoms. The largest absolute Gasteiger partial charge is 0.507 e. The Labute approximate surface area is 121 Å². The van der Waals surface area contributed by atoms with E-state index in [0.29, 0.717) is 12.3 Å². The van der Waals surface area contributed by atoms with Crippen molar-refractivity contribution in [3.63, 3.8) is 0 Å². The number of phenolic OH excluding ortho intramolecular Hbond substituents is 1. The normalized spacial score (nSPS) is 12.7. The number of halogens is 1. The van der Waals surface area contributed by atoms with E-state index in [0.717, 1.165) is 23.8 Å². The fourth-order valence-corrected chi connectivity index (χ4v) is 2.39. The number of fused-ring (bicyclic) bond motifs is 1. The van der Waals surface area contributed by atoms with Crippen molar-refractivity contribution in [3.8, 4) is 11.5 Å². The van der Waals surface area contributed by atoms with Crippen molar-refractivity contribution >= 4 is 11.6 Å². The Bertz CT molecular complexity index is 694. The topological polar surface area (TPSA) is 49.8 Å². The average molecular weight is 287 g/mol. The molecule has 3 rings (SSSR count). The molecule has 1 aliphatic rings. The summed E-state index contributed by atoms with van der Waals surface area (Å²) in [7, 11) is 1.55. The molecule has 1 amide bonds. The maximum absolute atomic E-state index is 13.8. The quantitative estimate of drug-likeness (QED) is 0.924. The molecule has 0 saturated carbocycles. The number of carbonyl (C=O) groups is 1. The van der Waals surface area contributed by atoms with E-state index in [9.17, 15) is 14.3 Å². The summed E-state index contributed by atoms with van der Waals surface area (Å²) in [5, 5.41) is 9.70. The maximum atomic E-state index is 13.8. The van der Waals surface area contributed by atoms with Gasteiger partial charge in [-0.2, -0.15) is 0 Å². The smallest absolute Gasteiger partial charge is 0.264 e. The molecule has 0 radical (unpaired) electrons. The Balaban J connectivity index is 1.95. The number of amides is 1. The molecule has 1 aliphatic heterocycles. The summed E-state index contributed by atoms with van der Waals surface area (Å²) in [6.07, 6.45) is 0.788. The highest BCUT2D eigenvalue weighted by Crippen LogP contribution is 2.30. The van der Waals surface area contributed by atoms with Crippen LogP contribution in [0.25, 0.3) is 0 Å². The molecule has 1 N–H and O–H groups in total. The average Bonchev–Trinajstić information content (AvgIpc) is 2.93. The van der Waals surface area contributed by atoms with Crippen LogP contribution in [0.3, 0.4) is 0 Å². The molecule has 0 bridgehead atoms. The minimum absolute atomic E-state index is 0.322. The molecule has 0 fully saturated rings. The number of rotatable bonds is 2. The van der Waals surface area contributed by atoms with Gasteiger partial charge in [-0.3, -0.25) is 4.79 Å². The van der Waals surface area contributed by atoms with Crippen LogP contribution in [0.5, 0.6) is 11.5 Å². The van der Waals surface area contributed by atoms with Crippen molar-refractivity contribution in [2.45, 2.75) is 6.42 Å². The molecular formula is C16H14FNO3. The third-order valence-corrected chi connectivity index (χ3v) is 3.57. The lowest BCUT2D eigenvalue weighted by Crippen LogP contribution is -2.27. The molecule has 0 aromatic heterocycles. The first-order valence-electron chi connectivity index (χ1n) is 6.59. The second-order valence-electron chi connectivity index (χ2n) is 4.89. The van der Waals surface area contributed by atoms with Crippen LogP contribution in [0.1, 0.15) is 15.9 Å². The zero-order valence-electron chi connectivity index (χ0n) is 11.5. The first kappa shape index (κ1) is 13.4. The summed E-state index contributed by atoms with van der Waals surface area (Å²) < 4.78 is 19.2. The number of benzene rings is 2. The van der Waals surface area contributed by atoms with Crippen molar-refractivity contribution in [2.24, 2.45) is 0 Å². The fourth-order valence-electron chi connectivity index (χ4n) is 2.39. The molecule has 0 unspecified atom stereocenters. The number of nitrogens with zero attached hydrogens (tertiary/aromatic N) is 1. The number of ether oxygens (including phenoxy) is 1. The zero-order valence-corrected chi connectivity index (χ0v) is 11.5. The van der Waals surface area contributed by atoms with Crippen molar-refractivity contribution in [1.29, 1.82) is 0 Å². The van der Waals surface area contributed by atoms with Gasteiger partial charge < -0.3 is 14.7 Å². The second-order valence-corrected chi connectivity index (χ2v) is 4.89.